The van der Waals surface area contributed by atoms with Gasteiger partial charge in [-0.15, -0.1) is 0 Å². The number of halogens is 2. The first-order valence-corrected chi connectivity index (χ1v) is 13.1. The molecule has 2 amide bonds. The van der Waals surface area contributed by atoms with Crippen LogP contribution < -0.4 is 19.7 Å². The van der Waals surface area contributed by atoms with Gasteiger partial charge in [-0.2, -0.15) is 0 Å². The van der Waals surface area contributed by atoms with E-state index in [0.29, 0.717) is 11.3 Å². The highest BCUT2D eigenvalue weighted by Crippen LogP contribution is 2.43. The van der Waals surface area contributed by atoms with Crippen LogP contribution in [0.3, 0.4) is 0 Å². The fourth-order valence-corrected chi connectivity index (χ4v) is 5.08. The maximum absolute atomic E-state index is 13.4. The third-order valence-electron chi connectivity index (χ3n) is 5.63. The van der Waals surface area contributed by atoms with E-state index in [4.69, 9.17) is 21.7 Å². The molecule has 1 aliphatic rings. The number of hydrogen-bond acceptors (Lipinski definition) is 9. The Morgan fingerprint density at radius 1 is 1.00 bits per heavy atom. The molecule has 0 aliphatic carbocycles. The number of ether oxygens (including phenoxy) is 2. The molecule has 1 N–H and O–H groups in total. The van der Waals surface area contributed by atoms with Crippen LogP contribution in [0.1, 0.15) is 11.1 Å². The number of methoxy groups -OCH3 is 1. The number of nitro benzene ring substituents is 2. The summed E-state index contributed by atoms with van der Waals surface area (Å²) in [4.78, 5) is 48.4. The molecule has 40 heavy (non-hydrogen) atoms. The van der Waals surface area contributed by atoms with Crippen molar-refractivity contribution in [2.24, 2.45) is 0 Å². The zero-order valence-electron chi connectivity index (χ0n) is 20.5. The minimum absolute atomic E-state index is 0.0225. The summed E-state index contributed by atoms with van der Waals surface area (Å²) in [5, 5.41) is 25.0. The van der Waals surface area contributed by atoms with E-state index in [-0.39, 0.29) is 32.4 Å². The standard InChI is InChI=1S/C25H16Br2N4O8S/c1-12-7-14(26)3-5-18(12)29-24(33)16(23(32)28-25(29)40)8-13-9-17(27)22(21(10-13)38-2)39-20-6-4-15(30(34)35)11-19(20)31(36)37/h3-11H,1-2H3,(H,28,32,40)/b16-8+. The molecule has 12 nitrogen and oxygen atoms in total. The van der Waals surface area contributed by atoms with Gasteiger partial charge in [0.15, 0.2) is 16.6 Å². The lowest BCUT2D eigenvalue weighted by Gasteiger charge is -2.30. The van der Waals surface area contributed by atoms with Gasteiger partial charge in [-0.1, -0.05) is 15.9 Å². The fourth-order valence-electron chi connectivity index (χ4n) is 3.79. The minimum atomic E-state index is -0.807. The molecular weight excluding hydrogens is 676 g/mol. The van der Waals surface area contributed by atoms with Gasteiger partial charge in [0.25, 0.3) is 17.5 Å². The Kier molecular flexibility index (Phi) is 8.27. The lowest BCUT2D eigenvalue weighted by Crippen LogP contribution is -2.54. The van der Waals surface area contributed by atoms with Crippen molar-refractivity contribution in [1.82, 2.24) is 5.32 Å². The number of amides is 2. The van der Waals surface area contributed by atoms with Crippen LogP contribution in [-0.2, 0) is 9.59 Å². The van der Waals surface area contributed by atoms with Gasteiger partial charge < -0.3 is 9.47 Å². The van der Waals surface area contributed by atoms with Crippen LogP contribution in [0.15, 0.2) is 63.0 Å². The van der Waals surface area contributed by atoms with Crippen molar-refractivity contribution in [3.63, 3.8) is 0 Å². The maximum Gasteiger partial charge on any atom is 0.318 e. The lowest BCUT2D eigenvalue weighted by molar-refractivity contribution is -0.394. The molecule has 0 spiro atoms. The van der Waals surface area contributed by atoms with E-state index in [0.717, 1.165) is 28.2 Å². The Hall–Kier alpha value is -4.21. The monoisotopic (exact) mass is 690 g/mol. The van der Waals surface area contributed by atoms with Crippen LogP contribution in [0.2, 0.25) is 0 Å². The number of nitrogens with one attached hydrogen (secondary N) is 1. The second-order valence-electron chi connectivity index (χ2n) is 8.19. The van der Waals surface area contributed by atoms with Gasteiger partial charge >= 0.3 is 5.69 Å². The Morgan fingerprint density at radius 3 is 2.35 bits per heavy atom. The second-order valence-corrected chi connectivity index (χ2v) is 10.3. The highest BCUT2D eigenvalue weighted by molar-refractivity contribution is 9.10. The first-order valence-electron chi connectivity index (χ1n) is 11.1. The molecule has 0 atom stereocenters. The number of non-ortho nitro benzene ring substituents is 1. The number of aryl methyl sites for hydroxylation is 1. The van der Waals surface area contributed by atoms with Crippen LogP contribution in [0.25, 0.3) is 6.08 Å². The summed E-state index contributed by atoms with van der Waals surface area (Å²) in [7, 11) is 1.32. The number of nitro groups is 2. The molecule has 1 saturated heterocycles. The summed E-state index contributed by atoms with van der Waals surface area (Å²) in [5.74, 6) is -1.49. The molecule has 1 aliphatic heterocycles. The summed E-state index contributed by atoms with van der Waals surface area (Å²) < 4.78 is 12.2. The quantitative estimate of drug-likeness (QED) is 0.104. The largest absolute Gasteiger partial charge is 0.493 e. The van der Waals surface area contributed by atoms with E-state index in [9.17, 15) is 29.8 Å². The maximum atomic E-state index is 13.4. The predicted molar refractivity (Wildman–Crippen MR) is 156 cm³/mol. The number of nitrogens with zero attached hydrogens (tertiary/aromatic N) is 3. The molecule has 0 radical (unpaired) electrons. The van der Waals surface area contributed by atoms with Gasteiger partial charge in [-0.25, -0.2) is 0 Å². The summed E-state index contributed by atoms with van der Waals surface area (Å²) in [6.07, 6.45) is 1.34. The van der Waals surface area contributed by atoms with Crippen LogP contribution in [0.4, 0.5) is 17.1 Å². The summed E-state index contributed by atoms with van der Waals surface area (Å²) >= 11 is 12.0. The second kappa shape index (κ2) is 11.5. The highest BCUT2D eigenvalue weighted by Gasteiger charge is 2.35. The average Bonchev–Trinajstić information content (AvgIpc) is 2.88. The van der Waals surface area contributed by atoms with Gasteiger partial charge in [0.2, 0.25) is 5.75 Å². The van der Waals surface area contributed by atoms with Crippen molar-refractivity contribution in [1.29, 1.82) is 0 Å². The molecule has 3 aromatic carbocycles. The van der Waals surface area contributed by atoms with Gasteiger partial charge in [0.05, 0.1) is 33.2 Å². The smallest absolute Gasteiger partial charge is 0.318 e. The molecule has 1 fully saturated rings. The summed E-state index contributed by atoms with van der Waals surface area (Å²) in [6.45, 7) is 1.80. The Balaban J connectivity index is 1.73. The predicted octanol–water partition coefficient (Wildman–Crippen LogP) is 5.97. The molecule has 1 heterocycles. The summed E-state index contributed by atoms with van der Waals surface area (Å²) in [5.41, 5.74) is 0.285. The van der Waals surface area contributed by atoms with Gasteiger partial charge in [0, 0.05) is 10.5 Å². The number of hydrogen-bond donors (Lipinski definition) is 1. The van der Waals surface area contributed by atoms with Crippen molar-refractivity contribution >= 4 is 84.1 Å². The molecular formula is C25H16Br2N4O8S. The van der Waals surface area contributed by atoms with Crippen LogP contribution in [0, 0.1) is 27.2 Å². The number of rotatable bonds is 7. The molecule has 0 aromatic heterocycles. The fraction of sp³-hybridized carbons (Fsp3) is 0.0800. The SMILES string of the molecule is COc1cc(/C=C2\C(=O)NC(=S)N(c3ccc(Br)cc3C)C2=O)cc(Br)c1Oc1ccc([N+](=O)[O-])cc1[N+](=O)[O-]. The Bertz CT molecular complexity index is 1660. The van der Waals surface area contributed by atoms with Gasteiger partial charge in [0.1, 0.15) is 5.57 Å². The van der Waals surface area contributed by atoms with Crippen molar-refractivity contribution in [2.45, 2.75) is 6.92 Å². The van der Waals surface area contributed by atoms with Gasteiger partial charge in [-0.05, 0) is 88.7 Å². The third-order valence-corrected chi connectivity index (χ3v) is 6.99. The molecule has 0 saturated carbocycles. The molecule has 0 bridgehead atoms. The zero-order valence-corrected chi connectivity index (χ0v) is 24.5. The molecule has 204 valence electrons. The Morgan fingerprint density at radius 2 is 1.73 bits per heavy atom. The number of anilines is 1. The van der Waals surface area contributed by atoms with Gasteiger partial charge in [-0.3, -0.25) is 40.0 Å². The average molecular weight is 692 g/mol. The first kappa shape index (κ1) is 28.8. The molecule has 4 rings (SSSR count). The number of carbonyl (C=O) groups excluding carboxylic acids is 2. The van der Waals surface area contributed by atoms with Crippen LogP contribution >= 0.6 is 44.1 Å². The normalized spacial score (nSPS) is 14.2. The summed E-state index contributed by atoms with van der Waals surface area (Å²) in [6, 6.07) is 11.2. The zero-order chi connectivity index (χ0) is 29.3. The number of thiocarbonyl (C=S) groups is 1. The minimum Gasteiger partial charge on any atom is -0.493 e. The topological polar surface area (TPSA) is 154 Å². The first-order chi connectivity index (χ1) is 18.9. The Labute approximate surface area is 248 Å². The van der Waals surface area contributed by atoms with E-state index in [1.165, 1.54) is 30.2 Å². The van der Waals surface area contributed by atoms with Crippen molar-refractivity contribution in [3.05, 3.63) is 94.4 Å². The number of carbonyl (C=O) groups is 2. The van der Waals surface area contributed by atoms with E-state index < -0.39 is 33.0 Å². The molecule has 0 unspecified atom stereocenters. The van der Waals surface area contributed by atoms with Crippen molar-refractivity contribution in [2.75, 3.05) is 12.0 Å². The van der Waals surface area contributed by atoms with E-state index in [1.807, 2.05) is 0 Å². The highest BCUT2D eigenvalue weighted by atomic mass is 79.9. The van der Waals surface area contributed by atoms with Crippen LogP contribution in [0.5, 0.6) is 17.2 Å². The van der Waals surface area contributed by atoms with E-state index in [1.54, 1.807) is 25.1 Å². The van der Waals surface area contributed by atoms with E-state index in [2.05, 4.69) is 37.2 Å². The van der Waals surface area contributed by atoms with Crippen molar-refractivity contribution < 1.29 is 28.9 Å². The molecule has 3 aromatic rings. The van der Waals surface area contributed by atoms with E-state index >= 15 is 0 Å². The lowest BCUT2D eigenvalue weighted by atomic mass is 10.1. The molecule has 15 heteroatoms. The van der Waals surface area contributed by atoms with Crippen molar-refractivity contribution in [3.8, 4) is 17.2 Å². The number of benzene rings is 3. The van der Waals surface area contributed by atoms with Crippen LogP contribution in [-0.4, -0.2) is 33.9 Å². The third kappa shape index (κ3) is 5.71.